The van der Waals surface area contributed by atoms with Crippen molar-refractivity contribution in [3.05, 3.63) is 34.3 Å². The molecular weight excluding hydrogens is 349 g/mol. The van der Waals surface area contributed by atoms with E-state index in [2.05, 4.69) is 20.8 Å². The number of hydrogen-bond acceptors (Lipinski definition) is 5. The van der Waals surface area contributed by atoms with Crippen molar-refractivity contribution in [3.63, 3.8) is 0 Å². The molecule has 1 aromatic carbocycles. The van der Waals surface area contributed by atoms with Gasteiger partial charge in [-0.1, -0.05) is 0 Å². The average molecular weight is 368 g/mol. The van der Waals surface area contributed by atoms with E-state index in [4.69, 9.17) is 4.42 Å². The van der Waals surface area contributed by atoms with E-state index < -0.39 is 17.5 Å². The standard InChI is InChI=1S/C17H19F3N4O2/c18-17(19,20)13-4-3-9(15-23-24-16(25)26-15)5-14(13)22-8-12-10-1-2-11(12)7-21-6-10/h3-5,10-12,21-22H,1-2,6-8H2,(H,24,25). The fourth-order valence-electron chi connectivity index (χ4n) is 4.19. The number of halogens is 3. The van der Waals surface area contributed by atoms with Crippen LogP contribution in [0.1, 0.15) is 18.4 Å². The second kappa shape index (κ2) is 6.46. The highest BCUT2D eigenvalue weighted by atomic mass is 19.4. The molecule has 2 unspecified atom stereocenters. The largest absolute Gasteiger partial charge is 0.434 e. The van der Waals surface area contributed by atoms with Crippen molar-refractivity contribution in [1.82, 2.24) is 15.5 Å². The molecule has 2 atom stereocenters. The van der Waals surface area contributed by atoms with Gasteiger partial charge in [0.05, 0.1) is 5.56 Å². The van der Waals surface area contributed by atoms with Crippen LogP contribution in [0.25, 0.3) is 11.5 Å². The number of benzene rings is 1. The third kappa shape index (κ3) is 3.23. The normalized spacial score (nSPS) is 25.4. The van der Waals surface area contributed by atoms with Gasteiger partial charge in [0.25, 0.3) is 0 Å². The monoisotopic (exact) mass is 368 g/mol. The van der Waals surface area contributed by atoms with Crippen LogP contribution in [-0.2, 0) is 6.18 Å². The van der Waals surface area contributed by atoms with Crippen molar-refractivity contribution >= 4 is 5.69 Å². The molecule has 1 saturated heterocycles. The van der Waals surface area contributed by atoms with E-state index in [0.29, 0.717) is 29.9 Å². The molecule has 2 fully saturated rings. The quantitative estimate of drug-likeness (QED) is 0.773. The summed E-state index contributed by atoms with van der Waals surface area (Å²) in [7, 11) is 0. The number of nitrogens with one attached hydrogen (secondary N) is 3. The summed E-state index contributed by atoms with van der Waals surface area (Å²) in [6.45, 7) is 2.34. The Morgan fingerprint density at radius 2 is 1.96 bits per heavy atom. The summed E-state index contributed by atoms with van der Waals surface area (Å²) in [5.74, 6) is 0.588. The summed E-state index contributed by atoms with van der Waals surface area (Å²) in [6.07, 6.45) is -2.23. The van der Waals surface area contributed by atoms with E-state index >= 15 is 0 Å². The van der Waals surface area contributed by atoms with E-state index in [0.717, 1.165) is 32.0 Å². The zero-order valence-electron chi connectivity index (χ0n) is 13.9. The Balaban J connectivity index is 1.61. The van der Waals surface area contributed by atoms with Gasteiger partial charge >= 0.3 is 11.9 Å². The maximum absolute atomic E-state index is 13.4. The topological polar surface area (TPSA) is 83.0 Å². The first kappa shape index (κ1) is 17.1. The molecular formula is C17H19F3N4O2. The van der Waals surface area contributed by atoms with Gasteiger partial charge in [-0.3, -0.25) is 0 Å². The molecule has 1 aromatic heterocycles. The summed E-state index contributed by atoms with van der Waals surface area (Å²) in [5.41, 5.74) is -0.439. The van der Waals surface area contributed by atoms with Crippen LogP contribution in [0.5, 0.6) is 0 Å². The number of piperidine rings is 1. The molecule has 6 nitrogen and oxygen atoms in total. The Morgan fingerprint density at radius 1 is 1.23 bits per heavy atom. The first-order valence-corrected chi connectivity index (χ1v) is 8.63. The molecule has 2 bridgehead atoms. The lowest BCUT2D eigenvalue weighted by atomic mass is 9.86. The van der Waals surface area contributed by atoms with E-state index in [1.54, 1.807) is 0 Å². The lowest BCUT2D eigenvalue weighted by Gasteiger charge is -2.31. The molecule has 140 valence electrons. The van der Waals surface area contributed by atoms with Gasteiger partial charge in [0.1, 0.15) is 0 Å². The number of aromatic amines is 1. The zero-order chi connectivity index (χ0) is 18.3. The molecule has 0 spiro atoms. The SMILES string of the molecule is O=c1[nH]nc(-c2ccc(C(F)(F)F)c(NCC3C4CCC3CNC4)c2)o1. The minimum Gasteiger partial charge on any atom is -0.388 e. The van der Waals surface area contributed by atoms with Crippen molar-refractivity contribution in [2.24, 2.45) is 17.8 Å². The Kier molecular flexibility index (Phi) is 4.26. The fourth-order valence-corrected chi connectivity index (χ4v) is 4.19. The van der Waals surface area contributed by atoms with Crippen LogP contribution in [0, 0.1) is 17.8 Å². The number of rotatable bonds is 4. The van der Waals surface area contributed by atoms with E-state index in [1.807, 2.05) is 0 Å². The third-order valence-corrected chi connectivity index (χ3v) is 5.47. The maximum atomic E-state index is 13.4. The molecule has 0 amide bonds. The Bertz CT molecular complexity index is 829. The molecule has 2 aliphatic rings. The zero-order valence-corrected chi connectivity index (χ0v) is 13.9. The Hall–Kier alpha value is -2.29. The van der Waals surface area contributed by atoms with Crippen LogP contribution in [0.15, 0.2) is 27.4 Å². The van der Waals surface area contributed by atoms with Gasteiger partial charge < -0.3 is 15.1 Å². The van der Waals surface area contributed by atoms with Gasteiger partial charge in [0.15, 0.2) is 0 Å². The molecule has 2 heterocycles. The molecule has 4 rings (SSSR count). The molecule has 1 saturated carbocycles. The predicted octanol–water partition coefficient (Wildman–Crippen LogP) is 2.71. The third-order valence-electron chi connectivity index (χ3n) is 5.47. The van der Waals surface area contributed by atoms with E-state index in [1.165, 1.54) is 12.1 Å². The van der Waals surface area contributed by atoms with Crippen molar-refractivity contribution in [1.29, 1.82) is 0 Å². The minimum atomic E-state index is -4.47. The molecule has 1 aliphatic heterocycles. The number of aromatic nitrogens is 2. The molecule has 2 aromatic rings. The van der Waals surface area contributed by atoms with Gasteiger partial charge in [-0.05, 0) is 61.9 Å². The second-order valence-corrected chi connectivity index (χ2v) is 6.98. The summed E-state index contributed by atoms with van der Waals surface area (Å²) >= 11 is 0. The minimum absolute atomic E-state index is 0.0152. The Labute approximate surface area is 147 Å². The lowest BCUT2D eigenvalue weighted by Crippen LogP contribution is -2.41. The second-order valence-electron chi connectivity index (χ2n) is 6.98. The van der Waals surface area contributed by atoms with E-state index in [-0.39, 0.29) is 11.6 Å². The fraction of sp³-hybridized carbons (Fsp3) is 0.529. The van der Waals surface area contributed by atoms with Gasteiger partial charge in [-0.25, -0.2) is 9.89 Å². The lowest BCUT2D eigenvalue weighted by molar-refractivity contribution is -0.136. The van der Waals surface area contributed by atoms with Crippen molar-refractivity contribution in [2.45, 2.75) is 19.0 Å². The average Bonchev–Trinajstić information content (AvgIpc) is 3.11. The number of anilines is 1. The highest BCUT2D eigenvalue weighted by molar-refractivity contribution is 5.65. The molecule has 1 aliphatic carbocycles. The van der Waals surface area contributed by atoms with Crippen LogP contribution >= 0.6 is 0 Å². The summed E-state index contributed by atoms with van der Waals surface area (Å²) < 4.78 is 45.0. The Morgan fingerprint density at radius 3 is 2.58 bits per heavy atom. The van der Waals surface area contributed by atoms with Gasteiger partial charge in [0, 0.05) is 17.8 Å². The van der Waals surface area contributed by atoms with E-state index in [9.17, 15) is 18.0 Å². The highest BCUT2D eigenvalue weighted by Crippen LogP contribution is 2.41. The smallest absolute Gasteiger partial charge is 0.388 e. The summed E-state index contributed by atoms with van der Waals surface area (Å²) in [4.78, 5) is 11.1. The van der Waals surface area contributed by atoms with Crippen LogP contribution < -0.4 is 16.4 Å². The van der Waals surface area contributed by atoms with Crippen LogP contribution in [0.4, 0.5) is 18.9 Å². The summed E-state index contributed by atoms with van der Waals surface area (Å²) in [5, 5.41) is 12.2. The van der Waals surface area contributed by atoms with Crippen LogP contribution in [-0.4, -0.2) is 29.8 Å². The molecule has 26 heavy (non-hydrogen) atoms. The van der Waals surface area contributed by atoms with Crippen molar-refractivity contribution in [2.75, 3.05) is 25.0 Å². The first-order valence-electron chi connectivity index (χ1n) is 8.63. The van der Waals surface area contributed by atoms with Gasteiger partial charge in [0.2, 0.25) is 5.89 Å². The van der Waals surface area contributed by atoms with Crippen LogP contribution in [0.3, 0.4) is 0 Å². The number of nitrogens with zero attached hydrogens (tertiary/aromatic N) is 1. The number of H-pyrrole nitrogens is 1. The number of alkyl halides is 3. The summed E-state index contributed by atoms with van der Waals surface area (Å²) in [6, 6.07) is 3.58. The molecule has 3 N–H and O–H groups in total. The van der Waals surface area contributed by atoms with Crippen LogP contribution in [0.2, 0.25) is 0 Å². The van der Waals surface area contributed by atoms with Gasteiger partial charge in [-0.15, -0.1) is 5.10 Å². The first-order chi connectivity index (χ1) is 12.4. The number of fused-ring (bicyclic) bond motifs is 2. The van der Waals surface area contributed by atoms with Gasteiger partial charge in [-0.2, -0.15) is 13.2 Å². The predicted molar refractivity (Wildman–Crippen MR) is 88.6 cm³/mol. The molecule has 0 radical (unpaired) electrons. The highest BCUT2D eigenvalue weighted by Gasteiger charge is 2.39. The van der Waals surface area contributed by atoms with Crippen molar-refractivity contribution < 1.29 is 17.6 Å². The van der Waals surface area contributed by atoms with Crippen molar-refractivity contribution in [3.8, 4) is 11.5 Å². The number of hydrogen-bond donors (Lipinski definition) is 3. The maximum Gasteiger partial charge on any atom is 0.434 e. The molecule has 9 heteroatoms.